The van der Waals surface area contributed by atoms with Crippen LogP contribution < -0.4 is 4.57 Å². The molecule has 2 nitrogen and oxygen atoms in total. The third-order valence-electron chi connectivity index (χ3n) is 1.84. The maximum absolute atomic E-state index is 5.05. The van der Waals surface area contributed by atoms with Crippen LogP contribution in [0.25, 0.3) is 0 Å². The molecule has 0 saturated carbocycles. The lowest BCUT2D eigenvalue weighted by atomic mass is 10.1. The third-order valence-corrected chi connectivity index (χ3v) is 1.84. The van der Waals surface area contributed by atoms with Crippen LogP contribution in [0.2, 0.25) is 0 Å². The van der Waals surface area contributed by atoms with Crippen molar-refractivity contribution in [1.29, 1.82) is 0 Å². The predicted octanol–water partition coefficient (Wildman–Crippen LogP) is 1.78. The first-order valence-corrected chi connectivity index (χ1v) is 4.69. The molecule has 0 radical (unpaired) electrons. The number of aromatic nitrogens is 1. The van der Waals surface area contributed by atoms with Crippen LogP contribution in [-0.4, -0.2) is 7.11 Å². The number of hydrogen-bond acceptors (Lipinski definition) is 1. The fourth-order valence-corrected chi connectivity index (χ4v) is 1.40. The number of nitrogens with zero attached hydrogens (tertiary/aromatic N) is 1. The highest BCUT2D eigenvalue weighted by Gasteiger charge is 2.03. The molecule has 1 rings (SSSR count). The molecule has 0 aliphatic rings. The van der Waals surface area contributed by atoms with Gasteiger partial charge in [-0.15, -0.1) is 0 Å². The highest BCUT2D eigenvalue weighted by Crippen LogP contribution is 2.04. The standard InChI is InChI=1S/C11H18NO/c1-10(2)7-11-5-4-6-12(8-11)9-13-3/h4-6,8,10H,7,9H2,1-3H3/q+1. The topological polar surface area (TPSA) is 13.1 Å². The Morgan fingerprint density at radius 3 is 2.85 bits per heavy atom. The van der Waals surface area contributed by atoms with Gasteiger partial charge in [-0.1, -0.05) is 13.8 Å². The zero-order valence-electron chi connectivity index (χ0n) is 8.66. The van der Waals surface area contributed by atoms with Gasteiger partial charge >= 0.3 is 0 Å². The summed E-state index contributed by atoms with van der Waals surface area (Å²) in [7, 11) is 1.71. The zero-order chi connectivity index (χ0) is 9.68. The van der Waals surface area contributed by atoms with Crippen LogP contribution >= 0.6 is 0 Å². The fourth-order valence-electron chi connectivity index (χ4n) is 1.40. The minimum absolute atomic E-state index is 0.631. The Morgan fingerprint density at radius 2 is 2.23 bits per heavy atom. The second kappa shape index (κ2) is 4.97. The first-order valence-electron chi connectivity index (χ1n) is 4.69. The summed E-state index contributed by atoms with van der Waals surface area (Å²) in [4.78, 5) is 0. The first-order chi connectivity index (χ1) is 6.22. The number of ether oxygens (including phenoxy) is 1. The van der Waals surface area contributed by atoms with E-state index in [1.807, 2.05) is 6.20 Å². The quantitative estimate of drug-likeness (QED) is 0.644. The third kappa shape index (κ3) is 3.55. The molecule has 0 aliphatic carbocycles. The fraction of sp³-hybridized carbons (Fsp3) is 0.545. The van der Waals surface area contributed by atoms with Crippen molar-refractivity contribution in [2.24, 2.45) is 5.92 Å². The Morgan fingerprint density at radius 1 is 1.46 bits per heavy atom. The normalized spacial score (nSPS) is 10.8. The van der Waals surface area contributed by atoms with E-state index in [9.17, 15) is 0 Å². The van der Waals surface area contributed by atoms with Crippen molar-refractivity contribution in [2.75, 3.05) is 7.11 Å². The summed E-state index contributed by atoms with van der Waals surface area (Å²) in [5.74, 6) is 0.707. The zero-order valence-corrected chi connectivity index (χ0v) is 8.66. The monoisotopic (exact) mass is 180 g/mol. The minimum Gasteiger partial charge on any atom is -0.327 e. The van der Waals surface area contributed by atoms with Crippen LogP contribution in [0.4, 0.5) is 0 Å². The molecule has 0 bridgehead atoms. The Bertz CT molecular complexity index is 258. The number of rotatable bonds is 4. The van der Waals surface area contributed by atoms with E-state index >= 15 is 0 Å². The smallest absolute Gasteiger partial charge is 0.252 e. The molecule has 0 N–H and O–H groups in total. The molecule has 0 amide bonds. The highest BCUT2D eigenvalue weighted by molar-refractivity contribution is 5.05. The lowest BCUT2D eigenvalue weighted by Crippen LogP contribution is -2.34. The summed E-state index contributed by atoms with van der Waals surface area (Å²) < 4.78 is 7.10. The SMILES string of the molecule is COC[n+]1cccc(CC(C)C)c1. The van der Waals surface area contributed by atoms with Gasteiger partial charge in [-0.2, -0.15) is 4.57 Å². The lowest BCUT2D eigenvalue weighted by molar-refractivity contribution is -0.731. The second-order valence-electron chi connectivity index (χ2n) is 3.74. The van der Waals surface area contributed by atoms with E-state index in [2.05, 4.69) is 36.7 Å². The largest absolute Gasteiger partial charge is 0.327 e. The van der Waals surface area contributed by atoms with Crippen molar-refractivity contribution in [3.63, 3.8) is 0 Å². The van der Waals surface area contributed by atoms with Crippen molar-refractivity contribution < 1.29 is 9.30 Å². The molecular weight excluding hydrogens is 162 g/mol. The molecule has 72 valence electrons. The van der Waals surface area contributed by atoms with Crippen LogP contribution in [0.15, 0.2) is 24.5 Å². The molecule has 2 heteroatoms. The molecule has 0 saturated heterocycles. The Labute approximate surface area is 80.2 Å². The first kappa shape index (κ1) is 10.2. The van der Waals surface area contributed by atoms with E-state index in [1.165, 1.54) is 5.56 Å². The molecule has 0 atom stereocenters. The Hall–Kier alpha value is -0.890. The second-order valence-corrected chi connectivity index (χ2v) is 3.74. The van der Waals surface area contributed by atoms with Gasteiger partial charge < -0.3 is 4.74 Å². The van der Waals surface area contributed by atoms with Gasteiger partial charge in [0.15, 0.2) is 12.4 Å². The van der Waals surface area contributed by atoms with Crippen molar-refractivity contribution in [3.8, 4) is 0 Å². The van der Waals surface area contributed by atoms with Crippen LogP contribution in [0.3, 0.4) is 0 Å². The average Bonchev–Trinajstić information content (AvgIpc) is 2.04. The summed E-state index contributed by atoms with van der Waals surface area (Å²) in [6.07, 6.45) is 5.29. The lowest BCUT2D eigenvalue weighted by Gasteiger charge is -2.03. The van der Waals surface area contributed by atoms with Crippen LogP contribution in [0.5, 0.6) is 0 Å². The predicted molar refractivity (Wildman–Crippen MR) is 52.2 cm³/mol. The highest BCUT2D eigenvalue weighted by atomic mass is 16.5. The van der Waals surface area contributed by atoms with Crippen molar-refractivity contribution in [3.05, 3.63) is 30.1 Å². The van der Waals surface area contributed by atoms with Gasteiger partial charge in [0.2, 0.25) is 0 Å². The van der Waals surface area contributed by atoms with E-state index < -0.39 is 0 Å². The van der Waals surface area contributed by atoms with E-state index in [0.29, 0.717) is 12.6 Å². The Balaban J connectivity index is 2.67. The van der Waals surface area contributed by atoms with Crippen molar-refractivity contribution in [1.82, 2.24) is 0 Å². The van der Waals surface area contributed by atoms with Crippen LogP contribution in [0.1, 0.15) is 19.4 Å². The number of pyridine rings is 1. The number of methoxy groups -OCH3 is 1. The van der Waals surface area contributed by atoms with E-state index in [4.69, 9.17) is 4.74 Å². The number of hydrogen-bond donors (Lipinski definition) is 0. The molecule has 0 aliphatic heterocycles. The maximum atomic E-state index is 5.05. The molecule has 1 aromatic rings. The summed E-state index contributed by atoms with van der Waals surface area (Å²) in [6.45, 7) is 5.09. The van der Waals surface area contributed by atoms with Gasteiger partial charge in [0, 0.05) is 18.7 Å². The van der Waals surface area contributed by atoms with Gasteiger partial charge in [0.25, 0.3) is 6.73 Å². The summed E-state index contributed by atoms with van der Waals surface area (Å²) >= 11 is 0. The Kier molecular flexibility index (Phi) is 3.90. The maximum Gasteiger partial charge on any atom is 0.252 e. The minimum atomic E-state index is 0.631. The molecule has 1 heterocycles. The summed E-state index contributed by atoms with van der Waals surface area (Å²) in [5.41, 5.74) is 1.37. The molecule has 0 spiro atoms. The van der Waals surface area contributed by atoms with Crippen molar-refractivity contribution in [2.45, 2.75) is 27.0 Å². The summed E-state index contributed by atoms with van der Waals surface area (Å²) in [6, 6.07) is 4.23. The van der Waals surface area contributed by atoms with E-state index in [-0.39, 0.29) is 0 Å². The molecule has 0 aromatic carbocycles. The van der Waals surface area contributed by atoms with Gasteiger partial charge in [-0.25, -0.2) is 0 Å². The molecule has 1 aromatic heterocycles. The molecule has 0 unspecified atom stereocenters. The summed E-state index contributed by atoms with van der Waals surface area (Å²) in [5, 5.41) is 0. The molecule has 0 fully saturated rings. The van der Waals surface area contributed by atoms with Gasteiger partial charge in [0.05, 0.1) is 0 Å². The average molecular weight is 180 g/mol. The van der Waals surface area contributed by atoms with E-state index in [0.717, 1.165) is 6.42 Å². The van der Waals surface area contributed by atoms with Crippen LogP contribution in [0, 0.1) is 5.92 Å². The van der Waals surface area contributed by atoms with Crippen LogP contribution in [-0.2, 0) is 17.9 Å². The van der Waals surface area contributed by atoms with Gasteiger partial charge in [0.1, 0.15) is 0 Å². The van der Waals surface area contributed by atoms with Crippen molar-refractivity contribution >= 4 is 0 Å². The van der Waals surface area contributed by atoms with E-state index in [1.54, 1.807) is 7.11 Å². The van der Waals surface area contributed by atoms with Gasteiger partial charge in [-0.05, 0) is 18.4 Å². The molecule has 13 heavy (non-hydrogen) atoms. The molecular formula is C11H18NO+. The van der Waals surface area contributed by atoms with Gasteiger partial charge in [-0.3, -0.25) is 0 Å².